The van der Waals surface area contributed by atoms with Crippen molar-refractivity contribution in [1.82, 2.24) is 4.90 Å². The van der Waals surface area contributed by atoms with E-state index in [0.29, 0.717) is 27.1 Å². The minimum atomic E-state index is -0.647. The smallest absolute Gasteiger partial charge is 0.326 e. The number of hydrogen-bond donors (Lipinski definition) is 0. The van der Waals surface area contributed by atoms with Crippen molar-refractivity contribution in [1.29, 1.82) is 5.26 Å². The largest absolute Gasteiger partial charge is 0.493 e. The van der Waals surface area contributed by atoms with Gasteiger partial charge in [-0.1, -0.05) is 12.1 Å². The Balaban J connectivity index is 1.76. The molecule has 0 aliphatic carbocycles. The number of rotatable bonds is 8. The Morgan fingerprint density at radius 3 is 2.56 bits per heavy atom. The van der Waals surface area contributed by atoms with Crippen LogP contribution in [0.2, 0.25) is 0 Å². The van der Waals surface area contributed by atoms with Crippen molar-refractivity contribution in [2.75, 3.05) is 13.7 Å². The molecule has 0 unspecified atom stereocenters. The number of benzene rings is 2. The van der Waals surface area contributed by atoms with Gasteiger partial charge in [0, 0.05) is 0 Å². The van der Waals surface area contributed by atoms with E-state index in [2.05, 4.69) is 22.0 Å². The summed E-state index contributed by atoms with van der Waals surface area (Å²) in [5.41, 5.74) is 2.04. The average molecular weight is 545 g/mol. The Kier molecular flexibility index (Phi) is 8.36. The van der Waals surface area contributed by atoms with Gasteiger partial charge in [-0.3, -0.25) is 19.3 Å². The first kappa shape index (κ1) is 25.3. The summed E-state index contributed by atoms with van der Waals surface area (Å²) in [6.07, 6.45) is 1.21. The molecule has 34 heavy (non-hydrogen) atoms. The minimum absolute atomic E-state index is 0.183. The van der Waals surface area contributed by atoms with E-state index in [1.165, 1.54) is 7.11 Å². The van der Waals surface area contributed by atoms with Crippen LogP contribution in [0.1, 0.15) is 30.5 Å². The van der Waals surface area contributed by atoms with Gasteiger partial charge in [0.1, 0.15) is 13.2 Å². The summed E-state index contributed by atoms with van der Waals surface area (Å²) in [5, 5.41) is 8.37. The van der Waals surface area contributed by atoms with E-state index in [-0.39, 0.29) is 17.6 Å². The zero-order valence-corrected chi connectivity index (χ0v) is 21.1. The fraction of sp³-hybridized carbons (Fsp3) is 0.250. The monoisotopic (exact) mass is 544 g/mol. The van der Waals surface area contributed by atoms with Crippen LogP contribution in [-0.2, 0) is 20.9 Å². The lowest BCUT2D eigenvalue weighted by molar-refractivity contribution is -0.149. The van der Waals surface area contributed by atoms with Crippen molar-refractivity contribution in [2.24, 2.45) is 0 Å². The van der Waals surface area contributed by atoms with Gasteiger partial charge in [-0.2, -0.15) is 5.26 Å². The molecule has 2 aromatic carbocycles. The molecule has 0 atom stereocenters. The van der Waals surface area contributed by atoms with Crippen LogP contribution in [0.4, 0.5) is 4.79 Å². The zero-order valence-electron chi connectivity index (χ0n) is 18.7. The number of nitrogens with zero attached hydrogens (tertiary/aromatic N) is 2. The van der Waals surface area contributed by atoms with Gasteiger partial charge in [0.2, 0.25) is 0 Å². The molecule has 10 heteroatoms. The molecule has 0 bridgehead atoms. The van der Waals surface area contributed by atoms with Gasteiger partial charge in [-0.25, -0.2) is 0 Å². The third-order valence-electron chi connectivity index (χ3n) is 4.54. The van der Waals surface area contributed by atoms with Crippen LogP contribution in [0.25, 0.3) is 6.08 Å². The van der Waals surface area contributed by atoms with E-state index in [0.717, 1.165) is 22.2 Å². The van der Waals surface area contributed by atoms with Gasteiger partial charge in [0.25, 0.3) is 11.1 Å². The number of carbonyl (C=O) groups excluding carboxylic acids is 3. The van der Waals surface area contributed by atoms with Crippen LogP contribution in [-0.4, -0.2) is 41.8 Å². The summed E-state index contributed by atoms with van der Waals surface area (Å²) in [5.74, 6) is -0.318. The van der Waals surface area contributed by atoms with Gasteiger partial charge in [0.15, 0.2) is 11.5 Å². The molecule has 1 saturated heterocycles. The Labute approximate surface area is 209 Å². The molecular formula is C24H21BrN2O6S. The second-order valence-electron chi connectivity index (χ2n) is 7.44. The lowest BCUT2D eigenvalue weighted by Gasteiger charge is -2.14. The van der Waals surface area contributed by atoms with Crippen molar-refractivity contribution >= 4 is 50.9 Å². The molecule has 0 radical (unpaired) electrons. The van der Waals surface area contributed by atoms with Gasteiger partial charge in [-0.15, -0.1) is 0 Å². The molecule has 1 aliphatic rings. The summed E-state index contributed by atoms with van der Waals surface area (Å²) in [6, 6.07) is 12.5. The predicted molar refractivity (Wildman–Crippen MR) is 130 cm³/mol. The number of methoxy groups -OCH3 is 1. The lowest BCUT2D eigenvalue weighted by atomic mass is 10.1. The maximum absolute atomic E-state index is 12.7. The highest BCUT2D eigenvalue weighted by molar-refractivity contribution is 9.10. The van der Waals surface area contributed by atoms with E-state index < -0.39 is 23.7 Å². The quantitative estimate of drug-likeness (QED) is 0.341. The van der Waals surface area contributed by atoms with Crippen LogP contribution in [0.5, 0.6) is 11.5 Å². The molecule has 0 N–H and O–H groups in total. The van der Waals surface area contributed by atoms with Crippen molar-refractivity contribution in [2.45, 2.75) is 26.6 Å². The molecule has 2 aromatic rings. The molecule has 8 nitrogen and oxygen atoms in total. The second kappa shape index (κ2) is 11.2. The van der Waals surface area contributed by atoms with Crippen LogP contribution < -0.4 is 9.47 Å². The van der Waals surface area contributed by atoms with E-state index in [1.54, 1.807) is 56.3 Å². The molecule has 0 spiro atoms. The fourth-order valence-corrected chi connectivity index (χ4v) is 4.42. The van der Waals surface area contributed by atoms with Crippen molar-refractivity contribution < 1.29 is 28.6 Å². The highest BCUT2D eigenvalue weighted by Gasteiger charge is 2.36. The third-order valence-corrected chi connectivity index (χ3v) is 6.04. The van der Waals surface area contributed by atoms with Crippen LogP contribution in [0.3, 0.4) is 0 Å². The molecule has 176 valence electrons. The molecule has 1 aliphatic heterocycles. The van der Waals surface area contributed by atoms with E-state index in [1.807, 2.05) is 0 Å². The van der Waals surface area contributed by atoms with Gasteiger partial charge in [-0.05, 0) is 83.0 Å². The minimum Gasteiger partial charge on any atom is -0.493 e. The molecule has 1 fully saturated rings. The topological polar surface area (TPSA) is 106 Å². The molecule has 3 rings (SSSR count). The van der Waals surface area contributed by atoms with Gasteiger partial charge in [0.05, 0.1) is 34.2 Å². The van der Waals surface area contributed by atoms with Crippen molar-refractivity contribution in [3.8, 4) is 17.6 Å². The highest BCUT2D eigenvalue weighted by Crippen LogP contribution is 2.39. The maximum atomic E-state index is 12.7. The predicted octanol–water partition coefficient (Wildman–Crippen LogP) is 4.90. The van der Waals surface area contributed by atoms with Crippen LogP contribution in [0, 0.1) is 11.3 Å². The SMILES string of the molecule is COc1cc(/C=C2\SC(=O)N(CC(=O)OC(C)C)C2=O)cc(Br)c1OCc1ccc(C#N)cc1. The van der Waals surface area contributed by atoms with Crippen LogP contribution >= 0.6 is 27.7 Å². The van der Waals surface area contributed by atoms with Crippen molar-refractivity contribution in [3.63, 3.8) is 0 Å². The Bertz CT molecular complexity index is 1190. The molecule has 0 saturated carbocycles. The number of hydrogen-bond acceptors (Lipinski definition) is 8. The number of thioether (sulfide) groups is 1. The maximum Gasteiger partial charge on any atom is 0.326 e. The normalized spacial score (nSPS) is 14.5. The fourth-order valence-electron chi connectivity index (χ4n) is 3.01. The standard InChI is InChI=1S/C24H21BrN2O6S/c1-14(2)33-21(28)12-27-23(29)20(34-24(27)30)10-17-8-18(25)22(19(9-17)31-3)32-13-16-6-4-15(11-26)5-7-16/h4-10,14H,12-13H2,1-3H3/b20-10-. The summed E-state index contributed by atoms with van der Waals surface area (Å²) in [4.78, 5) is 37.9. The van der Waals surface area contributed by atoms with Gasteiger partial charge >= 0.3 is 5.97 Å². The number of imide groups is 1. The number of nitriles is 1. The van der Waals surface area contributed by atoms with Crippen LogP contribution in [0.15, 0.2) is 45.8 Å². The summed E-state index contributed by atoms with van der Waals surface area (Å²) in [6.45, 7) is 3.20. The molecule has 0 aromatic heterocycles. The molecular weight excluding hydrogens is 524 g/mol. The third kappa shape index (κ3) is 6.18. The average Bonchev–Trinajstić information content (AvgIpc) is 3.05. The Morgan fingerprint density at radius 1 is 1.24 bits per heavy atom. The van der Waals surface area contributed by atoms with E-state index in [4.69, 9.17) is 19.5 Å². The Morgan fingerprint density at radius 2 is 1.94 bits per heavy atom. The number of esters is 1. The molecule has 1 heterocycles. The second-order valence-corrected chi connectivity index (χ2v) is 9.29. The van der Waals surface area contributed by atoms with E-state index >= 15 is 0 Å². The first-order chi connectivity index (χ1) is 16.2. The first-order valence-corrected chi connectivity index (χ1v) is 11.8. The lowest BCUT2D eigenvalue weighted by Crippen LogP contribution is -2.35. The highest BCUT2D eigenvalue weighted by atomic mass is 79.9. The summed E-state index contributed by atoms with van der Waals surface area (Å²) < 4.78 is 17.0. The zero-order chi connectivity index (χ0) is 24.8. The number of ether oxygens (including phenoxy) is 3. The molecule has 2 amide bonds. The Hall–Kier alpha value is -3.29. The summed E-state index contributed by atoms with van der Waals surface area (Å²) >= 11 is 4.22. The van der Waals surface area contributed by atoms with Crippen molar-refractivity contribution in [3.05, 3.63) is 62.5 Å². The summed E-state index contributed by atoms with van der Waals surface area (Å²) in [7, 11) is 1.49. The first-order valence-electron chi connectivity index (χ1n) is 10.2. The number of halogens is 1. The number of amides is 2. The number of carbonyl (C=O) groups is 3. The van der Waals surface area contributed by atoms with E-state index in [9.17, 15) is 14.4 Å². The van der Waals surface area contributed by atoms with Gasteiger partial charge < -0.3 is 14.2 Å².